The first kappa shape index (κ1) is 16.6. The predicted molar refractivity (Wildman–Crippen MR) is 104 cm³/mol. The van der Waals surface area contributed by atoms with Gasteiger partial charge in [0.2, 0.25) is 0 Å². The van der Waals surface area contributed by atoms with Gasteiger partial charge in [-0.3, -0.25) is 4.98 Å². The standard InChI is InChI=1S/C21H22N4O/c1-14-10-18(26)7-8-19(14)23-21-12-20(24-25-21)16-5-2-4-15(11-16)17-6-3-9-22-13-17/h2-11,13,20-21,23-26H,12H2,1H3. The largest absolute Gasteiger partial charge is 0.508 e. The molecule has 2 unspecified atom stereocenters. The molecular formula is C21H22N4O. The Labute approximate surface area is 153 Å². The lowest BCUT2D eigenvalue weighted by molar-refractivity contribution is 0.475. The Kier molecular flexibility index (Phi) is 4.56. The van der Waals surface area contributed by atoms with E-state index in [0.717, 1.165) is 23.2 Å². The van der Waals surface area contributed by atoms with E-state index in [1.54, 1.807) is 18.3 Å². The highest BCUT2D eigenvalue weighted by atomic mass is 16.3. The van der Waals surface area contributed by atoms with Crippen LogP contribution < -0.4 is 16.2 Å². The Morgan fingerprint density at radius 1 is 1.04 bits per heavy atom. The number of rotatable bonds is 4. The number of aromatic nitrogens is 1. The normalized spacial score (nSPS) is 19.4. The highest BCUT2D eigenvalue weighted by molar-refractivity contribution is 5.63. The number of hydrazine groups is 1. The molecule has 3 aromatic rings. The van der Waals surface area contributed by atoms with Crippen LogP contribution in [0, 0.1) is 6.92 Å². The van der Waals surface area contributed by atoms with E-state index in [1.165, 1.54) is 11.1 Å². The molecule has 26 heavy (non-hydrogen) atoms. The molecule has 132 valence electrons. The van der Waals surface area contributed by atoms with Crippen molar-refractivity contribution in [2.75, 3.05) is 5.32 Å². The van der Waals surface area contributed by atoms with Gasteiger partial charge in [0.25, 0.3) is 0 Å². The summed E-state index contributed by atoms with van der Waals surface area (Å²) in [5.41, 5.74) is 12.3. The van der Waals surface area contributed by atoms with E-state index in [1.807, 2.05) is 25.3 Å². The number of benzene rings is 2. The fourth-order valence-electron chi connectivity index (χ4n) is 3.34. The molecule has 5 nitrogen and oxygen atoms in total. The zero-order valence-corrected chi connectivity index (χ0v) is 14.6. The van der Waals surface area contributed by atoms with Crippen LogP contribution in [0.2, 0.25) is 0 Å². The predicted octanol–water partition coefficient (Wildman–Crippen LogP) is 3.74. The molecule has 2 aromatic carbocycles. The minimum Gasteiger partial charge on any atom is -0.508 e. The maximum Gasteiger partial charge on any atom is 0.115 e. The molecule has 0 aliphatic carbocycles. The van der Waals surface area contributed by atoms with Gasteiger partial charge in [0.05, 0.1) is 6.17 Å². The van der Waals surface area contributed by atoms with Crippen LogP contribution in [0.3, 0.4) is 0 Å². The van der Waals surface area contributed by atoms with Crippen molar-refractivity contribution in [2.45, 2.75) is 25.6 Å². The molecule has 0 amide bonds. The molecule has 1 aliphatic rings. The van der Waals surface area contributed by atoms with Gasteiger partial charge in [-0.2, -0.15) is 0 Å². The summed E-state index contributed by atoms with van der Waals surface area (Å²) < 4.78 is 0. The number of anilines is 1. The highest BCUT2D eigenvalue weighted by Crippen LogP contribution is 2.28. The lowest BCUT2D eigenvalue weighted by atomic mass is 9.99. The average Bonchev–Trinajstić information content (AvgIpc) is 3.14. The second-order valence-electron chi connectivity index (χ2n) is 6.64. The van der Waals surface area contributed by atoms with Gasteiger partial charge in [0.15, 0.2) is 0 Å². The van der Waals surface area contributed by atoms with Crippen LogP contribution in [-0.2, 0) is 0 Å². The summed E-state index contributed by atoms with van der Waals surface area (Å²) in [6, 6.07) is 18.2. The smallest absolute Gasteiger partial charge is 0.115 e. The third-order valence-electron chi connectivity index (χ3n) is 4.73. The Balaban J connectivity index is 1.47. The second kappa shape index (κ2) is 7.15. The van der Waals surface area contributed by atoms with Gasteiger partial charge in [-0.1, -0.05) is 24.3 Å². The lowest BCUT2D eigenvalue weighted by Crippen LogP contribution is -2.36. The number of nitrogens with zero attached hydrogens (tertiary/aromatic N) is 1. The molecule has 2 heterocycles. The van der Waals surface area contributed by atoms with Crippen molar-refractivity contribution in [3.05, 3.63) is 78.1 Å². The van der Waals surface area contributed by atoms with Crippen molar-refractivity contribution >= 4 is 5.69 Å². The van der Waals surface area contributed by atoms with E-state index in [0.29, 0.717) is 0 Å². The molecule has 2 atom stereocenters. The summed E-state index contributed by atoms with van der Waals surface area (Å²) in [6.07, 6.45) is 4.70. The van der Waals surface area contributed by atoms with Crippen LogP contribution in [0.1, 0.15) is 23.6 Å². The Bertz CT molecular complexity index is 898. The first-order valence-electron chi connectivity index (χ1n) is 8.76. The summed E-state index contributed by atoms with van der Waals surface area (Å²) in [6.45, 7) is 1.99. The number of hydrogen-bond donors (Lipinski definition) is 4. The van der Waals surface area contributed by atoms with Gasteiger partial charge >= 0.3 is 0 Å². The summed E-state index contributed by atoms with van der Waals surface area (Å²) in [4.78, 5) is 4.21. The SMILES string of the molecule is Cc1cc(O)ccc1NC1CC(c2cccc(-c3cccnc3)c2)NN1. The van der Waals surface area contributed by atoms with Crippen molar-refractivity contribution in [1.29, 1.82) is 0 Å². The molecule has 0 bridgehead atoms. The van der Waals surface area contributed by atoms with Crippen LogP contribution in [-0.4, -0.2) is 16.3 Å². The zero-order valence-electron chi connectivity index (χ0n) is 14.6. The first-order chi connectivity index (χ1) is 12.7. The fourth-order valence-corrected chi connectivity index (χ4v) is 3.34. The van der Waals surface area contributed by atoms with E-state index in [4.69, 9.17) is 0 Å². The van der Waals surface area contributed by atoms with E-state index in [9.17, 15) is 5.11 Å². The van der Waals surface area contributed by atoms with Crippen LogP contribution in [0.15, 0.2) is 67.0 Å². The molecule has 1 fully saturated rings. The number of phenols is 1. The van der Waals surface area contributed by atoms with Crippen LogP contribution in [0.4, 0.5) is 5.69 Å². The Morgan fingerprint density at radius 2 is 1.92 bits per heavy atom. The number of aryl methyl sites for hydroxylation is 1. The van der Waals surface area contributed by atoms with E-state index < -0.39 is 0 Å². The van der Waals surface area contributed by atoms with Gasteiger partial charge in [-0.05, 0) is 59.5 Å². The maximum absolute atomic E-state index is 9.55. The number of phenolic OH excluding ortho intramolecular Hbond substituents is 1. The quantitative estimate of drug-likeness (QED) is 0.542. The summed E-state index contributed by atoms with van der Waals surface area (Å²) in [5, 5.41) is 13.0. The van der Waals surface area contributed by atoms with Crippen molar-refractivity contribution in [3.63, 3.8) is 0 Å². The van der Waals surface area contributed by atoms with Gasteiger partial charge in [-0.25, -0.2) is 10.9 Å². The van der Waals surface area contributed by atoms with Gasteiger partial charge in [0, 0.05) is 30.5 Å². The summed E-state index contributed by atoms with van der Waals surface area (Å²) >= 11 is 0. The third kappa shape index (κ3) is 3.54. The van der Waals surface area contributed by atoms with E-state index >= 15 is 0 Å². The first-order valence-corrected chi connectivity index (χ1v) is 8.76. The highest BCUT2D eigenvalue weighted by Gasteiger charge is 2.25. The summed E-state index contributed by atoms with van der Waals surface area (Å²) in [5.74, 6) is 0.288. The number of hydrogen-bond acceptors (Lipinski definition) is 5. The molecular weight excluding hydrogens is 324 g/mol. The molecule has 4 N–H and O–H groups in total. The Morgan fingerprint density at radius 3 is 2.73 bits per heavy atom. The monoisotopic (exact) mass is 346 g/mol. The Hall–Kier alpha value is -2.89. The molecule has 0 saturated carbocycles. The van der Waals surface area contributed by atoms with Crippen molar-refractivity contribution in [1.82, 2.24) is 15.8 Å². The zero-order chi connectivity index (χ0) is 17.9. The van der Waals surface area contributed by atoms with Crippen molar-refractivity contribution in [3.8, 4) is 16.9 Å². The van der Waals surface area contributed by atoms with E-state index in [-0.39, 0.29) is 18.0 Å². The van der Waals surface area contributed by atoms with Crippen molar-refractivity contribution in [2.24, 2.45) is 0 Å². The molecule has 4 rings (SSSR count). The molecule has 0 spiro atoms. The van der Waals surface area contributed by atoms with Crippen LogP contribution in [0.5, 0.6) is 5.75 Å². The number of nitrogens with one attached hydrogen (secondary N) is 3. The minimum absolute atomic E-state index is 0.116. The summed E-state index contributed by atoms with van der Waals surface area (Å²) in [7, 11) is 0. The molecule has 1 aliphatic heterocycles. The lowest BCUT2D eigenvalue weighted by Gasteiger charge is -2.16. The van der Waals surface area contributed by atoms with Crippen molar-refractivity contribution < 1.29 is 5.11 Å². The number of aromatic hydroxyl groups is 1. The van der Waals surface area contributed by atoms with Crippen LogP contribution >= 0.6 is 0 Å². The van der Waals surface area contributed by atoms with Crippen LogP contribution in [0.25, 0.3) is 11.1 Å². The van der Waals surface area contributed by atoms with E-state index in [2.05, 4.69) is 51.5 Å². The van der Waals surface area contributed by atoms with Gasteiger partial charge in [0.1, 0.15) is 5.75 Å². The second-order valence-corrected chi connectivity index (χ2v) is 6.64. The van der Waals surface area contributed by atoms with Gasteiger partial charge in [-0.15, -0.1) is 0 Å². The molecule has 1 aromatic heterocycles. The average molecular weight is 346 g/mol. The minimum atomic E-state index is 0.116. The molecule has 0 radical (unpaired) electrons. The molecule has 5 heteroatoms. The van der Waals surface area contributed by atoms with Gasteiger partial charge < -0.3 is 10.4 Å². The topological polar surface area (TPSA) is 69.2 Å². The fraction of sp³-hybridized carbons (Fsp3) is 0.190. The number of pyridine rings is 1. The third-order valence-corrected chi connectivity index (χ3v) is 4.73. The maximum atomic E-state index is 9.55. The molecule has 1 saturated heterocycles.